The smallest absolute Gasteiger partial charge is 0.0541 e. The number of hydrogen-bond donors (Lipinski definition) is 1. The van der Waals surface area contributed by atoms with Gasteiger partial charge >= 0.3 is 0 Å². The molecule has 0 saturated carbocycles. The van der Waals surface area contributed by atoms with Crippen molar-refractivity contribution in [2.75, 3.05) is 10.6 Å². The summed E-state index contributed by atoms with van der Waals surface area (Å²) in [6, 6.07) is 149. The first-order valence-corrected chi connectivity index (χ1v) is 36.7. The third kappa shape index (κ3) is 13.2. The highest BCUT2D eigenvalue weighted by molar-refractivity contribution is 6.30. The SMILES string of the molecule is Clc1ccc(-c2ccc(-c3ccc4ccccc4c3)cc2)cc1.Nc1ccc(-n2c3ccccc3c3ccccc32)cc1.c1ccc2cc(-c3ccc(-c4ccc(N(c5ccc(-c6ccc(-c7ccc8ccccc8c7)cc6)cc5)c5ccc(-n6c7ccccc7c7ccccc76)cc5)cc4)cc3)ccc2c1. The fourth-order valence-corrected chi connectivity index (χ4v) is 15.3. The van der Waals surface area contributed by atoms with Crippen LogP contribution in [0.25, 0.3) is 154 Å². The largest absolute Gasteiger partial charge is 0.399 e. The standard InChI is InChI=1S/C62H42N2.C22H15Cl.C18H14N2/c1-3-11-51-41-53(27-25-43(51)9-1)49-21-17-45(18-22-49)47-29-33-55(34-30-47)63(57-37-39-58(40-38-57)64-61-15-7-5-13-59(61)60-14-6-8-16-62(60)64)56-35-31-48(32-36-56)46-19-23-50(24-20-46)54-28-26-44-10-2-4-12-52(44)42-54;23-22-13-11-18(12-14-22)17-5-7-19(8-6-17)21-10-9-16-3-1-2-4-20(16)15-21;19-13-9-11-14(12-10-13)20-17-7-3-1-5-15(17)16-6-2-4-8-18(16)20/h1-42H;1-15H;1-12H,19H2. The molecular formula is C102H71ClN4. The molecule has 506 valence electrons. The second kappa shape index (κ2) is 28.8. The van der Waals surface area contributed by atoms with Gasteiger partial charge in [0.1, 0.15) is 0 Å². The Hall–Kier alpha value is -13.8. The Morgan fingerprint density at radius 1 is 0.196 bits per heavy atom. The summed E-state index contributed by atoms with van der Waals surface area (Å²) in [6.45, 7) is 0. The van der Waals surface area contributed by atoms with Crippen molar-refractivity contribution in [1.29, 1.82) is 0 Å². The van der Waals surface area contributed by atoms with Crippen molar-refractivity contribution < 1.29 is 0 Å². The molecule has 5 heteroatoms. The molecule has 0 amide bonds. The fourth-order valence-electron chi connectivity index (χ4n) is 15.1. The van der Waals surface area contributed by atoms with Crippen LogP contribution in [-0.4, -0.2) is 9.13 Å². The summed E-state index contributed by atoms with van der Waals surface area (Å²) < 4.78 is 4.66. The predicted molar refractivity (Wildman–Crippen MR) is 457 cm³/mol. The lowest BCUT2D eigenvalue weighted by Crippen LogP contribution is -2.10. The molecule has 18 aromatic carbocycles. The molecule has 0 radical (unpaired) electrons. The van der Waals surface area contributed by atoms with Gasteiger partial charge in [0.2, 0.25) is 0 Å². The van der Waals surface area contributed by atoms with E-state index in [2.05, 4.69) is 396 Å². The van der Waals surface area contributed by atoms with Crippen LogP contribution in [-0.2, 0) is 0 Å². The van der Waals surface area contributed by atoms with Crippen LogP contribution in [0.15, 0.2) is 419 Å². The molecule has 0 unspecified atom stereocenters. The average Bonchev–Trinajstić information content (AvgIpc) is 1.31. The lowest BCUT2D eigenvalue weighted by molar-refractivity contribution is 1.17. The summed E-state index contributed by atoms with van der Waals surface area (Å²) in [5.74, 6) is 0. The van der Waals surface area contributed by atoms with E-state index in [0.29, 0.717) is 0 Å². The van der Waals surface area contributed by atoms with Crippen LogP contribution in [0.1, 0.15) is 0 Å². The van der Waals surface area contributed by atoms with Gasteiger partial charge in [-0.2, -0.15) is 0 Å². The van der Waals surface area contributed by atoms with E-state index < -0.39 is 0 Å². The molecule has 2 aromatic heterocycles. The number of benzene rings is 18. The number of nitrogen functional groups attached to an aromatic ring is 1. The molecule has 0 bridgehead atoms. The van der Waals surface area contributed by atoms with E-state index in [9.17, 15) is 0 Å². The zero-order valence-electron chi connectivity index (χ0n) is 58.6. The van der Waals surface area contributed by atoms with Gasteiger partial charge in [-0.05, 0) is 226 Å². The maximum absolute atomic E-state index is 5.95. The first-order valence-electron chi connectivity index (χ1n) is 36.3. The number of rotatable bonds is 11. The van der Waals surface area contributed by atoms with Gasteiger partial charge in [0, 0.05) is 60.7 Å². The van der Waals surface area contributed by atoms with Crippen molar-refractivity contribution in [3.05, 3.63) is 424 Å². The molecule has 0 atom stereocenters. The Balaban J connectivity index is 0.000000151. The Morgan fingerprint density at radius 2 is 0.411 bits per heavy atom. The van der Waals surface area contributed by atoms with E-state index in [0.717, 1.165) is 39.1 Å². The molecule has 20 rings (SSSR count). The summed E-state index contributed by atoms with van der Waals surface area (Å²) in [5.41, 5.74) is 31.4. The highest BCUT2D eigenvalue weighted by Crippen LogP contribution is 2.41. The molecule has 0 spiro atoms. The second-order valence-corrected chi connectivity index (χ2v) is 27.6. The average molecular weight is 1390 g/mol. The van der Waals surface area contributed by atoms with Gasteiger partial charge in [-0.15, -0.1) is 0 Å². The first-order chi connectivity index (χ1) is 52.8. The normalized spacial score (nSPS) is 11.3. The van der Waals surface area contributed by atoms with E-state index in [1.54, 1.807) is 0 Å². The molecule has 0 fully saturated rings. The Bertz CT molecular complexity index is 6310. The van der Waals surface area contributed by atoms with Crippen LogP contribution >= 0.6 is 11.6 Å². The van der Waals surface area contributed by atoms with Crippen molar-refractivity contribution in [3.8, 4) is 78.1 Å². The summed E-state index contributed by atoms with van der Waals surface area (Å²) in [7, 11) is 0. The van der Waals surface area contributed by atoms with Gasteiger partial charge in [0.05, 0.1) is 22.1 Å². The Kier molecular flexibility index (Phi) is 17.6. The lowest BCUT2D eigenvalue weighted by atomic mass is 9.98. The third-order valence-corrected chi connectivity index (χ3v) is 20.9. The molecule has 0 saturated heterocycles. The summed E-state index contributed by atoms with van der Waals surface area (Å²) in [4.78, 5) is 2.36. The van der Waals surface area contributed by atoms with E-state index in [-0.39, 0.29) is 0 Å². The second-order valence-electron chi connectivity index (χ2n) is 27.2. The monoisotopic (exact) mass is 1390 g/mol. The fraction of sp³-hybridized carbons (Fsp3) is 0. The molecule has 20 aromatic rings. The zero-order chi connectivity index (χ0) is 71.6. The van der Waals surface area contributed by atoms with Crippen molar-refractivity contribution in [2.24, 2.45) is 0 Å². The van der Waals surface area contributed by atoms with Crippen LogP contribution in [0.2, 0.25) is 5.02 Å². The number of hydrogen-bond acceptors (Lipinski definition) is 2. The van der Waals surface area contributed by atoms with E-state index in [4.69, 9.17) is 17.3 Å². The molecule has 0 aliphatic rings. The zero-order valence-corrected chi connectivity index (χ0v) is 59.4. The molecule has 107 heavy (non-hydrogen) atoms. The van der Waals surface area contributed by atoms with E-state index in [1.165, 1.54) is 143 Å². The van der Waals surface area contributed by atoms with Crippen LogP contribution in [0.3, 0.4) is 0 Å². The number of fused-ring (bicyclic) bond motifs is 9. The van der Waals surface area contributed by atoms with E-state index in [1.807, 2.05) is 36.4 Å². The van der Waals surface area contributed by atoms with E-state index >= 15 is 0 Å². The maximum atomic E-state index is 5.95. The van der Waals surface area contributed by atoms with Gasteiger partial charge in [0.25, 0.3) is 0 Å². The summed E-state index contributed by atoms with van der Waals surface area (Å²) in [5, 5.41) is 13.4. The molecule has 2 N–H and O–H groups in total. The number of nitrogens with two attached hydrogens (primary N) is 1. The summed E-state index contributed by atoms with van der Waals surface area (Å²) in [6.07, 6.45) is 0. The van der Waals surface area contributed by atoms with Crippen molar-refractivity contribution in [1.82, 2.24) is 9.13 Å². The van der Waals surface area contributed by atoms with Crippen molar-refractivity contribution >= 4 is 110 Å². The first kappa shape index (κ1) is 65.3. The van der Waals surface area contributed by atoms with Gasteiger partial charge in [0.15, 0.2) is 0 Å². The van der Waals surface area contributed by atoms with Gasteiger partial charge in [-0.3, -0.25) is 0 Å². The Morgan fingerprint density at radius 3 is 0.710 bits per heavy atom. The molecule has 4 nitrogen and oxygen atoms in total. The molecule has 0 aliphatic heterocycles. The lowest BCUT2D eigenvalue weighted by Gasteiger charge is -2.26. The van der Waals surface area contributed by atoms with Gasteiger partial charge in [-0.25, -0.2) is 0 Å². The quantitative estimate of drug-likeness (QED) is 0.131. The van der Waals surface area contributed by atoms with Crippen molar-refractivity contribution in [3.63, 3.8) is 0 Å². The van der Waals surface area contributed by atoms with Crippen LogP contribution in [0.4, 0.5) is 22.7 Å². The third-order valence-electron chi connectivity index (χ3n) is 20.7. The summed E-state index contributed by atoms with van der Waals surface area (Å²) >= 11 is 5.95. The van der Waals surface area contributed by atoms with Gasteiger partial charge < -0.3 is 19.8 Å². The number of halogens is 1. The highest BCUT2D eigenvalue weighted by atomic mass is 35.5. The molecule has 2 heterocycles. The highest BCUT2D eigenvalue weighted by Gasteiger charge is 2.18. The Labute approximate surface area is 627 Å². The van der Waals surface area contributed by atoms with Crippen LogP contribution in [0, 0.1) is 0 Å². The molecule has 0 aliphatic carbocycles. The van der Waals surface area contributed by atoms with Gasteiger partial charge in [-0.1, -0.05) is 303 Å². The minimum atomic E-state index is 0.765. The molecular weight excluding hydrogens is 1320 g/mol. The minimum Gasteiger partial charge on any atom is -0.399 e. The maximum Gasteiger partial charge on any atom is 0.0541 e. The number of aromatic nitrogens is 2. The predicted octanol–water partition coefficient (Wildman–Crippen LogP) is 28.4. The number of para-hydroxylation sites is 4. The van der Waals surface area contributed by atoms with Crippen LogP contribution in [0.5, 0.6) is 0 Å². The number of anilines is 4. The van der Waals surface area contributed by atoms with Crippen LogP contribution < -0.4 is 10.6 Å². The number of nitrogens with zero attached hydrogens (tertiary/aromatic N) is 3. The minimum absolute atomic E-state index is 0.765. The topological polar surface area (TPSA) is 39.1 Å². The van der Waals surface area contributed by atoms with Crippen molar-refractivity contribution in [2.45, 2.75) is 0 Å².